The van der Waals surface area contributed by atoms with Gasteiger partial charge in [-0.15, -0.1) is 11.3 Å². The van der Waals surface area contributed by atoms with Crippen LogP contribution < -0.4 is 10.1 Å². The smallest absolute Gasteiger partial charge is 0.443 e. The second-order valence-electron chi connectivity index (χ2n) is 8.54. The van der Waals surface area contributed by atoms with Crippen molar-refractivity contribution in [2.45, 2.75) is 26.1 Å². The molecule has 36 heavy (non-hydrogen) atoms. The molecule has 1 aliphatic heterocycles. The number of benzene rings is 2. The molecule has 7 nitrogen and oxygen atoms in total. The van der Waals surface area contributed by atoms with Crippen molar-refractivity contribution in [3.63, 3.8) is 0 Å². The van der Waals surface area contributed by atoms with Gasteiger partial charge in [0.2, 0.25) is 0 Å². The van der Waals surface area contributed by atoms with E-state index in [1.165, 1.54) is 10.1 Å². The number of hydrogen-bond donors (Lipinski definition) is 1. The van der Waals surface area contributed by atoms with Crippen molar-refractivity contribution >= 4 is 39.2 Å². The first-order valence-electron chi connectivity index (χ1n) is 11.1. The Hall–Kier alpha value is -3.99. The third kappa shape index (κ3) is 3.58. The summed E-state index contributed by atoms with van der Waals surface area (Å²) in [5.41, 5.74) is 4.41. The predicted octanol–water partition coefficient (Wildman–Crippen LogP) is 6.04. The molecule has 4 heterocycles. The number of thiazole rings is 1. The van der Waals surface area contributed by atoms with E-state index < -0.39 is 23.3 Å². The fourth-order valence-electron chi connectivity index (χ4n) is 4.60. The molecule has 0 aliphatic carbocycles. The van der Waals surface area contributed by atoms with Crippen molar-refractivity contribution in [3.8, 4) is 17.0 Å². The van der Waals surface area contributed by atoms with Gasteiger partial charge in [-0.25, -0.2) is 9.78 Å². The molecule has 0 spiro atoms. The fraction of sp³-hybridized carbons (Fsp3) is 0.200. The molecule has 0 unspecified atom stereocenters. The highest BCUT2D eigenvalue weighted by atomic mass is 32.1. The van der Waals surface area contributed by atoms with Crippen molar-refractivity contribution in [1.82, 2.24) is 25.1 Å². The largest absolute Gasteiger partial charge is 0.491 e. The van der Waals surface area contributed by atoms with E-state index in [9.17, 15) is 18.0 Å². The number of nitrogens with zero attached hydrogens (tertiary/aromatic N) is 4. The molecule has 182 valence electrons. The standard InChI is InChI=1S/C25H18F3N5O2S/c1-12-21-13(2)32-33(22(21)16-5-3-4-6-17(16)29-12)24(34)31-18-10-35-20-9-14(7-8-15(18)20)19-11-36-23(30-19)25(26,27)28/h3-9,11,18H,10H2,1-2H3,(H,31,34)/t18-/m1/s1. The molecule has 2 aromatic carbocycles. The van der Waals surface area contributed by atoms with Crippen LogP contribution in [0.5, 0.6) is 5.75 Å². The molecule has 1 aliphatic rings. The van der Waals surface area contributed by atoms with E-state index in [0.717, 1.165) is 27.5 Å². The van der Waals surface area contributed by atoms with E-state index >= 15 is 0 Å². The number of ether oxygens (including phenoxy) is 1. The molecule has 1 amide bonds. The molecule has 0 bridgehead atoms. The highest BCUT2D eigenvalue weighted by Gasteiger charge is 2.35. The van der Waals surface area contributed by atoms with Crippen LogP contribution in [0.1, 0.15) is 28.0 Å². The minimum atomic E-state index is -4.49. The first-order valence-corrected chi connectivity index (χ1v) is 11.9. The van der Waals surface area contributed by atoms with Gasteiger partial charge in [0.05, 0.1) is 28.5 Å². The Balaban J connectivity index is 1.31. The molecule has 0 saturated carbocycles. The Morgan fingerprint density at radius 3 is 2.72 bits per heavy atom. The van der Waals surface area contributed by atoms with E-state index in [1.54, 1.807) is 18.2 Å². The van der Waals surface area contributed by atoms with Crippen LogP contribution in [-0.4, -0.2) is 32.4 Å². The summed E-state index contributed by atoms with van der Waals surface area (Å²) in [5, 5.41) is 9.60. The van der Waals surface area contributed by atoms with E-state index in [-0.39, 0.29) is 12.3 Å². The van der Waals surface area contributed by atoms with Crippen molar-refractivity contribution < 1.29 is 22.7 Å². The van der Waals surface area contributed by atoms with Crippen LogP contribution in [0, 0.1) is 13.8 Å². The first-order chi connectivity index (χ1) is 17.2. The average molecular weight is 510 g/mol. The topological polar surface area (TPSA) is 81.9 Å². The molecule has 6 rings (SSSR count). The summed E-state index contributed by atoms with van der Waals surface area (Å²) in [4.78, 5) is 21.7. The lowest BCUT2D eigenvalue weighted by molar-refractivity contribution is -0.137. The first kappa shape index (κ1) is 22.5. The number of aryl methyl sites for hydroxylation is 2. The number of aromatic nitrogens is 4. The molecule has 1 atom stereocenters. The number of carbonyl (C=O) groups excluding carboxylic acids is 1. The van der Waals surface area contributed by atoms with Crippen LogP contribution in [0.3, 0.4) is 0 Å². The second kappa shape index (κ2) is 8.02. The SMILES string of the molecule is Cc1nc2ccccc2c2c1c(C)nn2C(=O)N[C@@H]1COc2cc(-c3csc(C(F)(F)F)n3)ccc21. The highest BCUT2D eigenvalue weighted by Crippen LogP contribution is 2.38. The third-order valence-electron chi connectivity index (χ3n) is 6.20. The number of rotatable bonds is 2. The van der Waals surface area contributed by atoms with Gasteiger partial charge in [-0.05, 0) is 26.0 Å². The number of para-hydroxylation sites is 1. The summed E-state index contributed by atoms with van der Waals surface area (Å²) < 4.78 is 45.9. The number of alkyl halides is 3. The monoisotopic (exact) mass is 509 g/mol. The minimum Gasteiger partial charge on any atom is -0.491 e. The van der Waals surface area contributed by atoms with E-state index in [1.807, 2.05) is 38.1 Å². The van der Waals surface area contributed by atoms with Crippen molar-refractivity contribution in [2.24, 2.45) is 0 Å². The fourth-order valence-corrected chi connectivity index (χ4v) is 5.30. The van der Waals surface area contributed by atoms with Gasteiger partial charge < -0.3 is 10.1 Å². The number of fused-ring (bicyclic) bond motifs is 4. The lowest BCUT2D eigenvalue weighted by Crippen LogP contribution is -2.33. The van der Waals surface area contributed by atoms with Crippen LogP contribution in [-0.2, 0) is 6.18 Å². The van der Waals surface area contributed by atoms with E-state index in [4.69, 9.17) is 4.74 Å². The summed E-state index contributed by atoms with van der Waals surface area (Å²) >= 11 is 0.548. The molecule has 0 saturated heterocycles. The lowest BCUT2D eigenvalue weighted by atomic mass is 10.0. The van der Waals surface area contributed by atoms with Crippen molar-refractivity contribution in [1.29, 1.82) is 0 Å². The summed E-state index contributed by atoms with van der Waals surface area (Å²) in [7, 11) is 0. The van der Waals surface area contributed by atoms with Crippen LogP contribution in [0.2, 0.25) is 0 Å². The zero-order valence-corrected chi connectivity index (χ0v) is 19.9. The van der Waals surface area contributed by atoms with Crippen molar-refractivity contribution in [3.05, 3.63) is 69.8 Å². The quantitative estimate of drug-likeness (QED) is 0.314. The summed E-state index contributed by atoms with van der Waals surface area (Å²) in [5.74, 6) is 0.492. The van der Waals surface area contributed by atoms with Gasteiger partial charge in [-0.3, -0.25) is 4.98 Å². The molecule has 11 heteroatoms. The Labute approximate surface area is 206 Å². The number of halogens is 3. The van der Waals surface area contributed by atoms with E-state index in [2.05, 4.69) is 20.4 Å². The third-order valence-corrected chi connectivity index (χ3v) is 7.08. The Bertz CT molecular complexity index is 1670. The molecule has 1 N–H and O–H groups in total. The Morgan fingerprint density at radius 1 is 1.14 bits per heavy atom. The van der Waals surface area contributed by atoms with Gasteiger partial charge in [-0.2, -0.15) is 23.0 Å². The van der Waals surface area contributed by atoms with Crippen LogP contribution in [0.25, 0.3) is 33.1 Å². The van der Waals surface area contributed by atoms with Crippen LogP contribution >= 0.6 is 11.3 Å². The maximum Gasteiger partial charge on any atom is 0.443 e. The normalized spacial score (nSPS) is 15.3. The van der Waals surface area contributed by atoms with Gasteiger partial charge in [-0.1, -0.05) is 30.3 Å². The second-order valence-corrected chi connectivity index (χ2v) is 9.39. The van der Waals surface area contributed by atoms with Crippen molar-refractivity contribution in [2.75, 3.05) is 6.61 Å². The lowest BCUT2D eigenvalue weighted by Gasteiger charge is -2.13. The molecule has 5 aromatic rings. The zero-order chi connectivity index (χ0) is 25.2. The minimum absolute atomic E-state index is 0.189. The number of pyridine rings is 1. The maximum atomic E-state index is 13.4. The number of hydrogen-bond acceptors (Lipinski definition) is 6. The highest BCUT2D eigenvalue weighted by molar-refractivity contribution is 7.10. The predicted molar refractivity (Wildman–Crippen MR) is 129 cm³/mol. The maximum absolute atomic E-state index is 13.4. The Morgan fingerprint density at radius 2 is 1.94 bits per heavy atom. The average Bonchev–Trinajstić information content (AvgIpc) is 3.56. The van der Waals surface area contributed by atoms with E-state index in [0.29, 0.717) is 33.9 Å². The van der Waals surface area contributed by atoms with Gasteiger partial charge in [0.1, 0.15) is 12.4 Å². The van der Waals surface area contributed by atoms with Gasteiger partial charge in [0.15, 0.2) is 5.01 Å². The van der Waals surface area contributed by atoms with Crippen LogP contribution in [0.15, 0.2) is 47.8 Å². The summed E-state index contributed by atoms with van der Waals surface area (Å²) in [6, 6.07) is 11.8. The summed E-state index contributed by atoms with van der Waals surface area (Å²) in [6.07, 6.45) is -4.49. The molecular formula is C25H18F3N5O2S. The molecular weight excluding hydrogens is 491 g/mol. The molecule has 3 aromatic heterocycles. The summed E-state index contributed by atoms with van der Waals surface area (Å²) in [6.45, 7) is 3.92. The van der Waals surface area contributed by atoms with Gasteiger partial charge in [0.25, 0.3) is 0 Å². The van der Waals surface area contributed by atoms with Crippen LogP contribution in [0.4, 0.5) is 18.0 Å². The number of carbonyl (C=O) groups is 1. The number of nitrogens with one attached hydrogen (secondary N) is 1. The Kier molecular flexibility index (Phi) is 5.01. The molecule has 0 fully saturated rings. The van der Waals surface area contributed by atoms with Gasteiger partial charge >= 0.3 is 12.2 Å². The molecule has 0 radical (unpaired) electrons. The number of amides is 1. The van der Waals surface area contributed by atoms with Gasteiger partial charge in [0, 0.05) is 33.0 Å². The zero-order valence-electron chi connectivity index (χ0n) is 19.1.